The lowest BCUT2D eigenvalue weighted by molar-refractivity contribution is 0.201. The summed E-state index contributed by atoms with van der Waals surface area (Å²) in [5, 5.41) is 11.6. The third-order valence-electron chi connectivity index (χ3n) is 3.53. The topological polar surface area (TPSA) is 60.9 Å². The van der Waals surface area contributed by atoms with E-state index in [4.69, 9.17) is 0 Å². The van der Waals surface area contributed by atoms with Crippen LogP contribution >= 0.6 is 0 Å². The summed E-state index contributed by atoms with van der Waals surface area (Å²) in [6, 6.07) is 10.7. The molecule has 0 amide bonds. The Bertz CT molecular complexity index is 770. The van der Waals surface area contributed by atoms with Gasteiger partial charge in [0, 0.05) is 37.1 Å². The van der Waals surface area contributed by atoms with Crippen molar-refractivity contribution < 1.29 is 13.5 Å². The maximum Gasteiger partial charge on any atom is 0.206 e. The molecule has 5 nitrogen and oxygen atoms in total. The summed E-state index contributed by atoms with van der Waals surface area (Å²) in [7, 11) is 3.48. The summed E-state index contributed by atoms with van der Waals surface area (Å²) < 4.78 is 25.3. The van der Waals surface area contributed by atoms with Crippen LogP contribution in [-0.4, -0.2) is 58.6 Å². The number of anilines is 1. The number of likely N-dealkylation sites (N-methyl/N-ethyl adjacent to an activating group) is 1. The molecule has 120 valence electrons. The number of nitrogens with zero attached hydrogens (tertiary/aromatic N) is 2. The normalized spacial score (nSPS) is 13.5. The van der Waals surface area contributed by atoms with Gasteiger partial charge < -0.3 is 14.9 Å². The third kappa shape index (κ3) is 3.09. The minimum absolute atomic E-state index is 0.0616. The van der Waals surface area contributed by atoms with Crippen LogP contribution in [-0.2, 0) is 9.84 Å². The van der Waals surface area contributed by atoms with Crippen LogP contribution in [0.15, 0.2) is 41.3 Å². The van der Waals surface area contributed by atoms with Crippen molar-refractivity contribution in [1.82, 2.24) is 4.90 Å². The molecule has 0 aromatic heterocycles. The van der Waals surface area contributed by atoms with E-state index in [1.165, 1.54) is 0 Å². The van der Waals surface area contributed by atoms with E-state index in [2.05, 4.69) is 0 Å². The molecule has 0 heterocycles. The first-order valence-corrected chi connectivity index (χ1v) is 8.55. The van der Waals surface area contributed by atoms with Crippen molar-refractivity contribution in [3.05, 3.63) is 36.4 Å². The number of hydrogen-bond donors (Lipinski definition) is 1. The molecule has 0 aliphatic heterocycles. The molecule has 0 saturated heterocycles. The number of aliphatic hydroxyl groups is 1. The van der Waals surface area contributed by atoms with Crippen LogP contribution in [0.5, 0.6) is 0 Å². The van der Waals surface area contributed by atoms with Crippen molar-refractivity contribution in [3.8, 4) is 0 Å². The monoisotopic (exact) mass is 322 g/mol. The van der Waals surface area contributed by atoms with E-state index in [1.54, 1.807) is 37.2 Å². The molecule has 22 heavy (non-hydrogen) atoms. The zero-order valence-corrected chi connectivity index (χ0v) is 14.1. The minimum Gasteiger partial charge on any atom is -0.377 e. The van der Waals surface area contributed by atoms with Gasteiger partial charge in [-0.25, -0.2) is 8.42 Å². The first kappa shape index (κ1) is 16.7. The number of benzene rings is 2. The van der Waals surface area contributed by atoms with E-state index in [9.17, 15) is 13.5 Å². The number of rotatable bonds is 5. The Hall–Kier alpha value is -1.63. The molecule has 0 saturated carbocycles. The fraction of sp³-hybridized carbons (Fsp3) is 0.375. The Labute approximate surface area is 131 Å². The third-order valence-corrected chi connectivity index (χ3v) is 5.36. The van der Waals surface area contributed by atoms with Gasteiger partial charge in [0.05, 0.1) is 4.90 Å². The van der Waals surface area contributed by atoms with Crippen LogP contribution in [0.1, 0.15) is 0 Å². The highest BCUT2D eigenvalue weighted by molar-refractivity contribution is 7.92. The zero-order chi connectivity index (χ0) is 16.5. The molecule has 0 aliphatic carbocycles. The maximum atomic E-state index is 12.7. The second kappa shape index (κ2) is 6.24. The molecule has 0 aliphatic rings. The van der Waals surface area contributed by atoms with Gasteiger partial charge in [-0.05, 0) is 26.2 Å². The van der Waals surface area contributed by atoms with Crippen molar-refractivity contribution in [1.29, 1.82) is 0 Å². The molecule has 2 rings (SSSR count). The lowest BCUT2D eigenvalue weighted by Crippen LogP contribution is -2.32. The highest BCUT2D eigenvalue weighted by Crippen LogP contribution is 2.31. The number of hydrogen-bond acceptors (Lipinski definition) is 5. The van der Waals surface area contributed by atoms with E-state index in [1.807, 2.05) is 37.2 Å². The molecule has 0 fully saturated rings. The number of fused-ring (bicyclic) bond motifs is 1. The first-order chi connectivity index (χ1) is 10.2. The van der Waals surface area contributed by atoms with Gasteiger partial charge in [0.1, 0.15) is 0 Å². The average Bonchev–Trinajstić information content (AvgIpc) is 2.44. The molecule has 0 bridgehead atoms. The fourth-order valence-corrected chi connectivity index (χ4v) is 4.00. The molecule has 0 spiro atoms. The maximum absolute atomic E-state index is 12.7. The zero-order valence-electron chi connectivity index (χ0n) is 13.3. The molecule has 1 N–H and O–H groups in total. The fourth-order valence-electron chi connectivity index (χ4n) is 2.46. The molecule has 1 atom stereocenters. The minimum atomic E-state index is -3.81. The van der Waals surface area contributed by atoms with E-state index < -0.39 is 15.3 Å². The van der Waals surface area contributed by atoms with E-state index >= 15 is 0 Å². The Morgan fingerprint density at radius 2 is 1.59 bits per heavy atom. The summed E-state index contributed by atoms with van der Waals surface area (Å²) in [4.78, 5) is 3.76. The predicted molar refractivity (Wildman–Crippen MR) is 90.0 cm³/mol. The van der Waals surface area contributed by atoms with Gasteiger partial charge in [-0.1, -0.05) is 24.3 Å². The van der Waals surface area contributed by atoms with Gasteiger partial charge in [-0.3, -0.25) is 0 Å². The van der Waals surface area contributed by atoms with Gasteiger partial charge in [0.25, 0.3) is 0 Å². The molecule has 6 heteroatoms. The molecular formula is C16H22N2O3S. The molecule has 1 unspecified atom stereocenters. The van der Waals surface area contributed by atoms with Crippen molar-refractivity contribution in [2.45, 2.75) is 10.3 Å². The van der Waals surface area contributed by atoms with Crippen LogP contribution in [0.25, 0.3) is 10.8 Å². The van der Waals surface area contributed by atoms with E-state index in [0.717, 1.165) is 11.1 Å². The summed E-state index contributed by atoms with van der Waals surface area (Å²) in [5.74, 6) is 0. The number of sulfone groups is 1. The Morgan fingerprint density at radius 3 is 2.18 bits per heavy atom. The van der Waals surface area contributed by atoms with Crippen LogP contribution in [0.2, 0.25) is 0 Å². The van der Waals surface area contributed by atoms with E-state index in [-0.39, 0.29) is 11.4 Å². The van der Waals surface area contributed by atoms with E-state index in [0.29, 0.717) is 5.39 Å². The van der Waals surface area contributed by atoms with Crippen LogP contribution in [0.4, 0.5) is 5.69 Å². The smallest absolute Gasteiger partial charge is 0.206 e. The second-order valence-electron chi connectivity index (χ2n) is 5.78. The van der Waals surface area contributed by atoms with Gasteiger partial charge in [0.15, 0.2) is 5.44 Å². The Kier molecular flexibility index (Phi) is 4.75. The van der Waals surface area contributed by atoms with Crippen LogP contribution in [0, 0.1) is 0 Å². The van der Waals surface area contributed by atoms with Crippen molar-refractivity contribution >= 4 is 26.3 Å². The van der Waals surface area contributed by atoms with Gasteiger partial charge in [0.2, 0.25) is 9.84 Å². The Morgan fingerprint density at radius 1 is 1.00 bits per heavy atom. The quantitative estimate of drug-likeness (QED) is 0.905. The van der Waals surface area contributed by atoms with Crippen molar-refractivity contribution in [3.63, 3.8) is 0 Å². The van der Waals surface area contributed by atoms with Gasteiger partial charge in [-0.15, -0.1) is 0 Å². The summed E-state index contributed by atoms with van der Waals surface area (Å²) >= 11 is 0. The van der Waals surface area contributed by atoms with Gasteiger partial charge in [-0.2, -0.15) is 0 Å². The standard InChI is InChI=1S/C16H22N2O3S/c1-17(2)11-16(19)22(20,21)15-10-6-7-12-13(15)8-5-9-14(12)18(3)4/h5-10,16,19H,11H2,1-4H3. The van der Waals surface area contributed by atoms with Gasteiger partial charge >= 0.3 is 0 Å². The van der Waals surface area contributed by atoms with Crippen molar-refractivity contribution in [2.24, 2.45) is 0 Å². The molecule has 2 aromatic carbocycles. The Balaban J connectivity index is 2.64. The highest BCUT2D eigenvalue weighted by atomic mass is 32.2. The predicted octanol–water partition coefficient (Wildman–Crippen LogP) is 1.56. The summed E-state index contributed by atoms with van der Waals surface area (Å²) in [5.41, 5.74) is -0.507. The molecule has 0 radical (unpaired) electrons. The number of aliphatic hydroxyl groups excluding tert-OH is 1. The average molecular weight is 322 g/mol. The highest BCUT2D eigenvalue weighted by Gasteiger charge is 2.27. The largest absolute Gasteiger partial charge is 0.377 e. The summed E-state index contributed by atoms with van der Waals surface area (Å²) in [6.45, 7) is 0.0616. The first-order valence-electron chi connectivity index (χ1n) is 7.01. The van der Waals surface area contributed by atoms with Crippen molar-refractivity contribution in [2.75, 3.05) is 39.6 Å². The van der Waals surface area contributed by atoms with Crippen LogP contribution < -0.4 is 4.90 Å². The SMILES string of the molecule is CN(C)CC(O)S(=O)(=O)c1cccc2c(N(C)C)cccc12. The van der Waals surface area contributed by atoms with Crippen LogP contribution in [0.3, 0.4) is 0 Å². The lowest BCUT2D eigenvalue weighted by Gasteiger charge is -2.19. The lowest BCUT2D eigenvalue weighted by atomic mass is 10.1. The second-order valence-corrected chi connectivity index (χ2v) is 7.86. The molecule has 2 aromatic rings. The summed E-state index contributed by atoms with van der Waals surface area (Å²) in [6.07, 6.45) is 0. The molecular weight excluding hydrogens is 300 g/mol.